The smallest absolute Gasteiger partial charge is 0.319 e. The van der Waals surface area contributed by atoms with Crippen molar-refractivity contribution in [1.29, 1.82) is 0 Å². The second-order valence-corrected chi connectivity index (χ2v) is 11.5. The van der Waals surface area contributed by atoms with Crippen LogP contribution in [0.25, 0.3) is 5.70 Å². The summed E-state index contributed by atoms with van der Waals surface area (Å²) in [6.07, 6.45) is 7.19. The molecule has 2 aromatic heterocycles. The number of benzene rings is 1. The van der Waals surface area contributed by atoms with Gasteiger partial charge >= 0.3 is 6.03 Å². The van der Waals surface area contributed by atoms with Gasteiger partial charge in [-0.2, -0.15) is 0 Å². The molecule has 0 saturated carbocycles. The van der Waals surface area contributed by atoms with E-state index >= 15 is 0 Å². The minimum atomic E-state index is -0.389. The number of nitrogens with zero attached hydrogens (tertiary/aromatic N) is 5. The Morgan fingerprint density at radius 1 is 1.12 bits per heavy atom. The van der Waals surface area contributed by atoms with Crippen LogP contribution >= 0.6 is 0 Å². The summed E-state index contributed by atoms with van der Waals surface area (Å²) < 4.78 is 7.36. The summed E-state index contributed by atoms with van der Waals surface area (Å²) in [5, 5.41) is 18.9. The number of aromatic nitrogens is 3. The number of amides is 3. The van der Waals surface area contributed by atoms with Gasteiger partial charge in [-0.1, -0.05) is 26.8 Å². The van der Waals surface area contributed by atoms with Crippen molar-refractivity contribution in [1.82, 2.24) is 24.8 Å². The second-order valence-electron chi connectivity index (χ2n) is 11.5. The van der Waals surface area contributed by atoms with Crippen LogP contribution in [0.5, 0.6) is 0 Å². The standard InChI is InChI=1S/C30H38N8O4/c1-20-22(34-29(41)35-25(18-39)30(2,3)4)6-5-7-24(20)38-17-23(27-31-10-11-37(27)19-38)33-26-9-8-21(16-32-26)28(40)36-12-14-42-15-13-36/h5-11,16-17,25,39H,12-15,18-19H2,1-4H3,(H,32,33)(H2,34,35,41)/t25-/m1/s1. The Hall–Kier alpha value is -4.42. The van der Waals surface area contributed by atoms with Gasteiger partial charge in [-0.15, -0.1) is 0 Å². The van der Waals surface area contributed by atoms with Gasteiger partial charge in [-0.3, -0.25) is 4.79 Å². The number of hydrogen-bond donors (Lipinski definition) is 4. The van der Waals surface area contributed by atoms with Crippen LogP contribution in [0.3, 0.4) is 0 Å². The number of carbonyl (C=O) groups excluding carboxylic acids is 2. The van der Waals surface area contributed by atoms with E-state index in [9.17, 15) is 14.7 Å². The van der Waals surface area contributed by atoms with E-state index in [-0.39, 0.29) is 30.0 Å². The van der Waals surface area contributed by atoms with Gasteiger partial charge in [0.1, 0.15) is 12.5 Å². The molecule has 0 spiro atoms. The van der Waals surface area contributed by atoms with E-state index in [1.54, 1.807) is 29.4 Å². The van der Waals surface area contributed by atoms with Crippen molar-refractivity contribution in [2.75, 3.05) is 48.4 Å². The maximum absolute atomic E-state index is 12.8. The minimum Gasteiger partial charge on any atom is -0.394 e. The lowest BCUT2D eigenvalue weighted by molar-refractivity contribution is 0.0302. The van der Waals surface area contributed by atoms with Crippen LogP contribution in [-0.2, 0) is 11.4 Å². The molecule has 1 aromatic carbocycles. The van der Waals surface area contributed by atoms with Crippen LogP contribution < -0.4 is 20.9 Å². The zero-order chi connectivity index (χ0) is 29.9. The van der Waals surface area contributed by atoms with Gasteiger partial charge in [0.2, 0.25) is 0 Å². The lowest BCUT2D eigenvalue weighted by Crippen LogP contribution is -2.47. The number of pyridine rings is 1. The third kappa shape index (κ3) is 6.39. The van der Waals surface area contributed by atoms with Crippen molar-refractivity contribution in [3.05, 3.63) is 72.1 Å². The molecule has 1 atom stereocenters. The van der Waals surface area contributed by atoms with E-state index in [1.165, 1.54) is 0 Å². The molecule has 12 nitrogen and oxygen atoms in total. The Balaban J connectivity index is 1.33. The van der Waals surface area contributed by atoms with Crippen LogP contribution in [0.1, 0.15) is 42.5 Å². The largest absolute Gasteiger partial charge is 0.394 e. The monoisotopic (exact) mass is 574 g/mol. The topological polar surface area (TPSA) is 137 Å². The Bertz CT molecular complexity index is 1450. The molecule has 1 fully saturated rings. The Morgan fingerprint density at radius 3 is 2.60 bits per heavy atom. The molecule has 2 aliphatic rings. The maximum Gasteiger partial charge on any atom is 0.319 e. The van der Waals surface area contributed by atoms with E-state index in [4.69, 9.17) is 4.74 Å². The number of aliphatic hydroxyl groups is 1. The predicted molar refractivity (Wildman–Crippen MR) is 161 cm³/mol. The van der Waals surface area contributed by atoms with Crippen molar-refractivity contribution in [3.8, 4) is 0 Å². The molecule has 12 heteroatoms. The Labute approximate surface area is 245 Å². The molecular weight excluding hydrogens is 536 g/mol. The van der Waals surface area contributed by atoms with Crippen LogP contribution in [-0.4, -0.2) is 75.4 Å². The number of carbonyl (C=O) groups is 2. The third-order valence-electron chi connectivity index (χ3n) is 7.51. The summed E-state index contributed by atoms with van der Waals surface area (Å²) in [6.45, 7) is 10.5. The van der Waals surface area contributed by atoms with Gasteiger partial charge in [-0.25, -0.2) is 14.8 Å². The predicted octanol–water partition coefficient (Wildman–Crippen LogP) is 3.48. The normalized spacial score (nSPS) is 15.9. The maximum atomic E-state index is 12.8. The van der Waals surface area contributed by atoms with Crippen molar-refractivity contribution < 1.29 is 19.4 Å². The van der Waals surface area contributed by atoms with Gasteiger partial charge < -0.3 is 40.2 Å². The first-order valence-corrected chi connectivity index (χ1v) is 14.0. The van der Waals surface area contributed by atoms with E-state index in [0.717, 1.165) is 22.8 Å². The zero-order valence-corrected chi connectivity index (χ0v) is 24.4. The van der Waals surface area contributed by atoms with Crippen LogP contribution in [0.2, 0.25) is 0 Å². The van der Waals surface area contributed by atoms with E-state index in [1.807, 2.05) is 62.9 Å². The molecule has 3 amide bonds. The fourth-order valence-electron chi connectivity index (χ4n) is 4.92. The summed E-state index contributed by atoms with van der Waals surface area (Å²) >= 11 is 0. The Morgan fingerprint density at radius 2 is 1.90 bits per heavy atom. The number of fused-ring (bicyclic) bond motifs is 1. The molecule has 3 aromatic rings. The van der Waals surface area contributed by atoms with E-state index < -0.39 is 0 Å². The number of ether oxygens (including phenoxy) is 1. The highest BCUT2D eigenvalue weighted by molar-refractivity contribution is 5.94. The summed E-state index contributed by atoms with van der Waals surface area (Å²) in [7, 11) is 0. The number of hydrogen-bond acceptors (Lipinski definition) is 8. The number of morpholine rings is 1. The van der Waals surface area contributed by atoms with Gasteiger partial charge in [-0.05, 0) is 42.2 Å². The van der Waals surface area contributed by atoms with Gasteiger partial charge in [0.25, 0.3) is 5.91 Å². The average Bonchev–Trinajstić information content (AvgIpc) is 3.46. The highest BCUT2D eigenvalue weighted by Gasteiger charge is 2.26. The quantitative estimate of drug-likeness (QED) is 0.337. The van der Waals surface area contributed by atoms with Gasteiger partial charge in [0.05, 0.1) is 37.1 Å². The summed E-state index contributed by atoms with van der Waals surface area (Å²) in [5.41, 5.74) is 3.42. The van der Waals surface area contributed by atoms with E-state index in [0.29, 0.717) is 50.0 Å². The molecule has 5 rings (SSSR count). The molecule has 1 saturated heterocycles. The molecule has 42 heavy (non-hydrogen) atoms. The molecule has 222 valence electrons. The molecule has 4 N–H and O–H groups in total. The number of aliphatic hydroxyl groups excluding tert-OH is 1. The first kappa shape index (κ1) is 29.1. The van der Waals surface area contributed by atoms with Crippen molar-refractivity contribution in [2.24, 2.45) is 5.41 Å². The fraction of sp³-hybridized carbons (Fsp3) is 0.400. The van der Waals surface area contributed by atoms with Crippen LogP contribution in [0.4, 0.5) is 22.0 Å². The number of imidazole rings is 1. The van der Waals surface area contributed by atoms with Gasteiger partial charge in [0, 0.05) is 49.3 Å². The minimum absolute atomic E-state index is 0.0566. The lowest BCUT2D eigenvalue weighted by Gasteiger charge is -2.31. The van der Waals surface area contributed by atoms with Gasteiger partial charge in [0.15, 0.2) is 5.82 Å². The Kier molecular flexibility index (Phi) is 8.46. The number of urea groups is 1. The van der Waals surface area contributed by atoms with Crippen molar-refractivity contribution in [3.63, 3.8) is 0 Å². The number of nitrogens with one attached hydrogen (secondary N) is 3. The molecule has 0 bridgehead atoms. The molecule has 4 heterocycles. The SMILES string of the molecule is Cc1c(NC(=O)N[C@H](CO)C(C)(C)C)cccc1N1C=C(Nc2ccc(C(=O)N3CCOCC3)cn2)c2nccn2C1. The highest BCUT2D eigenvalue weighted by atomic mass is 16.5. The summed E-state index contributed by atoms with van der Waals surface area (Å²) in [5.74, 6) is 1.28. The van der Waals surface area contributed by atoms with Crippen LogP contribution in [0, 0.1) is 12.3 Å². The van der Waals surface area contributed by atoms with Crippen LogP contribution in [0.15, 0.2) is 55.1 Å². The fourth-order valence-corrected chi connectivity index (χ4v) is 4.92. The van der Waals surface area contributed by atoms with E-state index in [2.05, 4.69) is 30.8 Å². The molecule has 0 radical (unpaired) electrons. The first-order chi connectivity index (χ1) is 20.1. The average molecular weight is 575 g/mol. The second kappa shape index (κ2) is 12.2. The third-order valence-corrected chi connectivity index (χ3v) is 7.51. The highest BCUT2D eigenvalue weighted by Crippen LogP contribution is 2.32. The number of anilines is 3. The number of rotatable bonds is 7. The molecular formula is C30H38N8O4. The lowest BCUT2D eigenvalue weighted by atomic mass is 9.87. The summed E-state index contributed by atoms with van der Waals surface area (Å²) in [4.78, 5) is 38.5. The zero-order valence-electron chi connectivity index (χ0n) is 24.4. The molecule has 0 unspecified atom stereocenters. The first-order valence-electron chi connectivity index (χ1n) is 14.0. The molecule has 2 aliphatic heterocycles. The van der Waals surface area contributed by atoms with Crippen molar-refractivity contribution in [2.45, 2.75) is 40.4 Å². The van der Waals surface area contributed by atoms with Crippen molar-refractivity contribution >= 4 is 34.8 Å². The molecule has 0 aliphatic carbocycles. The summed E-state index contributed by atoms with van der Waals surface area (Å²) in [6, 6.07) is 8.52.